The first-order valence-corrected chi connectivity index (χ1v) is 8.17. The number of para-hydroxylation sites is 1. The molecule has 26 heavy (non-hydrogen) atoms. The number of nitrogens with one attached hydrogen (secondary N) is 2. The molecule has 0 saturated carbocycles. The molecule has 3 N–H and O–H groups in total. The predicted molar refractivity (Wildman–Crippen MR) is 102 cm³/mol. The first-order chi connectivity index (χ1) is 12.5. The molecule has 3 aromatic rings. The lowest BCUT2D eigenvalue weighted by Gasteiger charge is -2.12. The SMILES string of the molecule is O=C(Nc1ccccc1C(=O)Nc1cc(Cl)ccc1O)c1ccccc1. The van der Waals surface area contributed by atoms with Gasteiger partial charge < -0.3 is 15.7 Å². The Bertz CT molecular complexity index is 958. The monoisotopic (exact) mass is 366 g/mol. The fourth-order valence-electron chi connectivity index (χ4n) is 2.37. The van der Waals surface area contributed by atoms with Gasteiger partial charge in [0.25, 0.3) is 11.8 Å². The van der Waals surface area contributed by atoms with Crippen molar-refractivity contribution in [1.29, 1.82) is 0 Å². The van der Waals surface area contributed by atoms with Crippen LogP contribution in [-0.2, 0) is 0 Å². The number of benzene rings is 3. The molecule has 130 valence electrons. The van der Waals surface area contributed by atoms with Gasteiger partial charge in [0.1, 0.15) is 5.75 Å². The van der Waals surface area contributed by atoms with Gasteiger partial charge in [-0.05, 0) is 42.5 Å². The molecule has 0 spiro atoms. The Hall–Kier alpha value is -3.31. The van der Waals surface area contributed by atoms with Crippen LogP contribution >= 0.6 is 11.6 Å². The molecular formula is C20H15ClN2O3. The molecule has 0 radical (unpaired) electrons. The van der Waals surface area contributed by atoms with Gasteiger partial charge in [0.2, 0.25) is 0 Å². The van der Waals surface area contributed by atoms with Gasteiger partial charge in [-0.3, -0.25) is 9.59 Å². The molecule has 5 nitrogen and oxygen atoms in total. The second-order valence-corrected chi connectivity index (χ2v) is 5.92. The molecule has 0 aliphatic carbocycles. The number of carbonyl (C=O) groups is 2. The normalized spacial score (nSPS) is 10.2. The summed E-state index contributed by atoms with van der Waals surface area (Å²) in [6.07, 6.45) is 0. The number of aromatic hydroxyl groups is 1. The molecule has 0 aromatic heterocycles. The lowest BCUT2D eigenvalue weighted by Crippen LogP contribution is -2.18. The van der Waals surface area contributed by atoms with E-state index in [4.69, 9.17) is 11.6 Å². The fraction of sp³-hybridized carbons (Fsp3) is 0. The third-order valence-electron chi connectivity index (χ3n) is 3.66. The highest BCUT2D eigenvalue weighted by atomic mass is 35.5. The van der Waals surface area contributed by atoms with E-state index >= 15 is 0 Å². The van der Waals surface area contributed by atoms with Gasteiger partial charge in [-0.15, -0.1) is 0 Å². The van der Waals surface area contributed by atoms with Crippen LogP contribution in [0, 0.1) is 0 Å². The van der Waals surface area contributed by atoms with E-state index in [9.17, 15) is 14.7 Å². The number of amides is 2. The maximum Gasteiger partial charge on any atom is 0.257 e. The molecule has 0 atom stereocenters. The van der Waals surface area contributed by atoms with E-state index in [-0.39, 0.29) is 22.9 Å². The molecule has 0 aliphatic rings. The van der Waals surface area contributed by atoms with Gasteiger partial charge in [-0.1, -0.05) is 41.9 Å². The van der Waals surface area contributed by atoms with Crippen LogP contribution in [0.4, 0.5) is 11.4 Å². The minimum Gasteiger partial charge on any atom is -0.506 e. The highest BCUT2D eigenvalue weighted by molar-refractivity contribution is 6.31. The second kappa shape index (κ2) is 7.72. The Morgan fingerprint density at radius 1 is 0.769 bits per heavy atom. The lowest BCUT2D eigenvalue weighted by atomic mass is 10.1. The van der Waals surface area contributed by atoms with Crippen molar-refractivity contribution >= 4 is 34.8 Å². The molecule has 0 aliphatic heterocycles. The van der Waals surface area contributed by atoms with E-state index in [0.717, 1.165) is 0 Å². The topological polar surface area (TPSA) is 78.4 Å². The van der Waals surface area contributed by atoms with Gasteiger partial charge in [-0.2, -0.15) is 0 Å². The van der Waals surface area contributed by atoms with E-state index in [1.165, 1.54) is 18.2 Å². The maximum absolute atomic E-state index is 12.6. The van der Waals surface area contributed by atoms with Gasteiger partial charge in [0, 0.05) is 10.6 Å². The summed E-state index contributed by atoms with van der Waals surface area (Å²) in [5.74, 6) is -0.906. The van der Waals surface area contributed by atoms with Crippen LogP contribution in [0.15, 0.2) is 72.8 Å². The maximum atomic E-state index is 12.6. The smallest absolute Gasteiger partial charge is 0.257 e. The second-order valence-electron chi connectivity index (χ2n) is 5.48. The zero-order valence-electron chi connectivity index (χ0n) is 13.6. The van der Waals surface area contributed by atoms with Gasteiger partial charge in [0.15, 0.2) is 0 Å². The van der Waals surface area contributed by atoms with Crippen molar-refractivity contribution in [2.75, 3.05) is 10.6 Å². The predicted octanol–water partition coefficient (Wildman–Crippen LogP) is 4.55. The number of carbonyl (C=O) groups excluding carboxylic acids is 2. The molecule has 0 unspecified atom stereocenters. The van der Waals surface area contributed by atoms with Crippen LogP contribution in [0.3, 0.4) is 0 Å². The first-order valence-electron chi connectivity index (χ1n) is 7.80. The summed E-state index contributed by atoms with van der Waals surface area (Å²) in [4.78, 5) is 24.9. The summed E-state index contributed by atoms with van der Waals surface area (Å²) in [5, 5.41) is 15.6. The molecular weight excluding hydrogens is 352 g/mol. The minimum absolute atomic E-state index is 0.103. The van der Waals surface area contributed by atoms with E-state index in [1.807, 2.05) is 6.07 Å². The standard InChI is InChI=1S/C20H15ClN2O3/c21-14-10-11-18(24)17(12-14)23-20(26)15-8-4-5-9-16(15)22-19(25)13-6-2-1-3-7-13/h1-12,24H,(H,22,25)(H,23,26). The van der Waals surface area contributed by atoms with Crippen LogP contribution < -0.4 is 10.6 Å². The van der Waals surface area contributed by atoms with Crippen molar-refractivity contribution < 1.29 is 14.7 Å². The van der Waals surface area contributed by atoms with Gasteiger partial charge in [0.05, 0.1) is 16.9 Å². The molecule has 0 heterocycles. The van der Waals surface area contributed by atoms with Gasteiger partial charge in [-0.25, -0.2) is 0 Å². The first kappa shape index (κ1) is 17.5. The van der Waals surface area contributed by atoms with Crippen molar-refractivity contribution in [3.63, 3.8) is 0 Å². The Balaban J connectivity index is 1.83. The van der Waals surface area contributed by atoms with Crippen LogP contribution in [0.1, 0.15) is 20.7 Å². The number of halogens is 1. The fourth-order valence-corrected chi connectivity index (χ4v) is 2.54. The van der Waals surface area contributed by atoms with Crippen molar-refractivity contribution in [2.24, 2.45) is 0 Å². The molecule has 3 rings (SSSR count). The summed E-state index contributed by atoms with van der Waals surface area (Å²) in [5.41, 5.74) is 1.29. The van der Waals surface area contributed by atoms with Crippen LogP contribution in [-0.4, -0.2) is 16.9 Å². The lowest BCUT2D eigenvalue weighted by molar-refractivity contribution is 0.102. The Morgan fingerprint density at radius 3 is 2.19 bits per heavy atom. The number of hydrogen-bond donors (Lipinski definition) is 3. The average Bonchev–Trinajstić information content (AvgIpc) is 2.66. The van der Waals surface area contributed by atoms with E-state index in [0.29, 0.717) is 16.3 Å². The zero-order valence-corrected chi connectivity index (χ0v) is 14.3. The van der Waals surface area contributed by atoms with Crippen LogP contribution in [0.2, 0.25) is 5.02 Å². The number of anilines is 2. The van der Waals surface area contributed by atoms with E-state index in [2.05, 4.69) is 10.6 Å². The van der Waals surface area contributed by atoms with Crippen molar-refractivity contribution in [3.05, 3.63) is 88.9 Å². The Morgan fingerprint density at radius 2 is 1.42 bits per heavy atom. The Kier molecular flexibility index (Phi) is 5.20. The summed E-state index contributed by atoms with van der Waals surface area (Å²) in [6.45, 7) is 0. The molecule has 3 aromatic carbocycles. The molecule has 0 fully saturated rings. The molecule has 0 saturated heterocycles. The third kappa shape index (κ3) is 4.02. The quantitative estimate of drug-likeness (QED) is 0.593. The zero-order chi connectivity index (χ0) is 18.5. The molecule has 2 amide bonds. The largest absolute Gasteiger partial charge is 0.506 e. The number of hydrogen-bond acceptors (Lipinski definition) is 3. The molecule has 0 bridgehead atoms. The van der Waals surface area contributed by atoms with Crippen LogP contribution in [0.5, 0.6) is 5.75 Å². The number of phenols is 1. The summed E-state index contributed by atoms with van der Waals surface area (Å²) in [7, 11) is 0. The highest BCUT2D eigenvalue weighted by Crippen LogP contribution is 2.28. The van der Waals surface area contributed by atoms with Crippen LogP contribution in [0.25, 0.3) is 0 Å². The van der Waals surface area contributed by atoms with Crippen molar-refractivity contribution in [1.82, 2.24) is 0 Å². The third-order valence-corrected chi connectivity index (χ3v) is 3.90. The molecule has 6 heteroatoms. The minimum atomic E-state index is -0.480. The van der Waals surface area contributed by atoms with E-state index in [1.54, 1.807) is 48.5 Å². The average molecular weight is 367 g/mol. The van der Waals surface area contributed by atoms with Crippen molar-refractivity contribution in [2.45, 2.75) is 0 Å². The summed E-state index contributed by atoms with van der Waals surface area (Å²) < 4.78 is 0. The summed E-state index contributed by atoms with van der Waals surface area (Å²) >= 11 is 5.89. The number of rotatable bonds is 4. The van der Waals surface area contributed by atoms with Crippen molar-refractivity contribution in [3.8, 4) is 5.75 Å². The van der Waals surface area contributed by atoms with E-state index < -0.39 is 5.91 Å². The number of phenolic OH excluding ortho intramolecular Hbond substituents is 1. The van der Waals surface area contributed by atoms with Gasteiger partial charge >= 0.3 is 0 Å². The highest BCUT2D eigenvalue weighted by Gasteiger charge is 2.15. The Labute approximate surface area is 155 Å². The summed E-state index contributed by atoms with van der Waals surface area (Å²) in [6, 6.07) is 19.7.